The van der Waals surface area contributed by atoms with Crippen LogP contribution in [0.2, 0.25) is 0 Å². The standard InChI is InChI=1S/C16H20N4O2/c1-11-9-13(20-16(19-11)18-6-5-17)12-3-4-14-15(10-12)22-8-2-7-21-14/h3-4,9-10H,2,5-8,17H2,1H3,(H,18,19,20). The minimum atomic E-state index is 0.538. The van der Waals surface area contributed by atoms with Crippen LogP contribution in [-0.4, -0.2) is 36.3 Å². The van der Waals surface area contributed by atoms with E-state index in [4.69, 9.17) is 15.2 Å². The van der Waals surface area contributed by atoms with E-state index >= 15 is 0 Å². The minimum Gasteiger partial charge on any atom is -0.490 e. The van der Waals surface area contributed by atoms with E-state index in [-0.39, 0.29) is 0 Å². The van der Waals surface area contributed by atoms with Crippen LogP contribution < -0.4 is 20.5 Å². The molecule has 116 valence electrons. The van der Waals surface area contributed by atoms with Gasteiger partial charge in [0.2, 0.25) is 5.95 Å². The van der Waals surface area contributed by atoms with Gasteiger partial charge in [0, 0.05) is 30.8 Å². The van der Waals surface area contributed by atoms with Gasteiger partial charge in [-0.3, -0.25) is 0 Å². The average molecular weight is 300 g/mol. The summed E-state index contributed by atoms with van der Waals surface area (Å²) in [6.45, 7) is 4.48. The van der Waals surface area contributed by atoms with Gasteiger partial charge in [0.05, 0.1) is 18.9 Å². The molecule has 3 rings (SSSR count). The summed E-state index contributed by atoms with van der Waals surface area (Å²) < 4.78 is 11.4. The van der Waals surface area contributed by atoms with Gasteiger partial charge in [0.25, 0.3) is 0 Å². The number of benzene rings is 1. The van der Waals surface area contributed by atoms with Crippen LogP contribution in [0, 0.1) is 6.92 Å². The molecule has 22 heavy (non-hydrogen) atoms. The van der Waals surface area contributed by atoms with E-state index in [1.807, 2.05) is 31.2 Å². The Morgan fingerprint density at radius 3 is 2.77 bits per heavy atom. The molecule has 0 saturated heterocycles. The molecule has 0 aliphatic carbocycles. The Labute approximate surface area is 129 Å². The maximum Gasteiger partial charge on any atom is 0.223 e. The molecule has 1 aliphatic rings. The fraction of sp³-hybridized carbons (Fsp3) is 0.375. The normalized spacial score (nSPS) is 13.5. The number of anilines is 1. The molecule has 0 atom stereocenters. The Bertz CT molecular complexity index is 661. The van der Waals surface area contributed by atoms with Gasteiger partial charge in [-0.05, 0) is 31.2 Å². The number of aryl methyl sites for hydroxylation is 1. The van der Waals surface area contributed by atoms with Crippen molar-refractivity contribution in [2.75, 3.05) is 31.6 Å². The van der Waals surface area contributed by atoms with Crippen molar-refractivity contribution < 1.29 is 9.47 Å². The van der Waals surface area contributed by atoms with Crippen LogP contribution in [0.4, 0.5) is 5.95 Å². The van der Waals surface area contributed by atoms with Crippen LogP contribution in [0.25, 0.3) is 11.3 Å². The summed E-state index contributed by atoms with van der Waals surface area (Å²) in [7, 11) is 0. The first kappa shape index (κ1) is 14.6. The predicted octanol–water partition coefficient (Wildman–Crippen LogP) is 1.98. The summed E-state index contributed by atoms with van der Waals surface area (Å²) in [5.74, 6) is 2.14. The van der Waals surface area contributed by atoms with Gasteiger partial charge in [0.15, 0.2) is 11.5 Å². The number of hydrogen-bond donors (Lipinski definition) is 2. The van der Waals surface area contributed by atoms with Gasteiger partial charge in [-0.1, -0.05) is 0 Å². The number of ether oxygens (including phenoxy) is 2. The highest BCUT2D eigenvalue weighted by Crippen LogP contribution is 2.33. The molecule has 1 aliphatic heterocycles. The van der Waals surface area contributed by atoms with Gasteiger partial charge >= 0.3 is 0 Å². The van der Waals surface area contributed by atoms with Crippen molar-refractivity contribution in [3.63, 3.8) is 0 Å². The largest absolute Gasteiger partial charge is 0.490 e. The van der Waals surface area contributed by atoms with E-state index in [2.05, 4.69) is 15.3 Å². The second-order valence-electron chi connectivity index (χ2n) is 5.15. The van der Waals surface area contributed by atoms with Crippen molar-refractivity contribution in [1.29, 1.82) is 0 Å². The first-order chi connectivity index (χ1) is 10.8. The molecule has 0 saturated carbocycles. The third kappa shape index (κ3) is 3.28. The zero-order valence-corrected chi connectivity index (χ0v) is 12.6. The molecule has 1 aromatic heterocycles. The lowest BCUT2D eigenvalue weighted by molar-refractivity contribution is 0.297. The molecule has 1 aromatic carbocycles. The summed E-state index contributed by atoms with van der Waals surface area (Å²) >= 11 is 0. The smallest absolute Gasteiger partial charge is 0.223 e. The van der Waals surface area contributed by atoms with Crippen LogP contribution in [-0.2, 0) is 0 Å². The maximum absolute atomic E-state index is 5.74. The Hall–Kier alpha value is -2.34. The van der Waals surface area contributed by atoms with Crippen molar-refractivity contribution in [2.24, 2.45) is 5.73 Å². The van der Waals surface area contributed by atoms with Crippen LogP contribution >= 0.6 is 0 Å². The minimum absolute atomic E-state index is 0.538. The SMILES string of the molecule is Cc1cc(-c2ccc3c(c2)OCCCO3)nc(NCCN)n1. The molecule has 0 unspecified atom stereocenters. The van der Waals surface area contributed by atoms with Gasteiger partial charge in [-0.25, -0.2) is 9.97 Å². The van der Waals surface area contributed by atoms with Gasteiger partial charge in [-0.15, -0.1) is 0 Å². The van der Waals surface area contributed by atoms with Gasteiger partial charge in [0.1, 0.15) is 0 Å². The monoisotopic (exact) mass is 300 g/mol. The van der Waals surface area contributed by atoms with E-state index in [1.54, 1.807) is 0 Å². The Kier molecular flexibility index (Phi) is 4.39. The zero-order chi connectivity index (χ0) is 15.4. The van der Waals surface area contributed by atoms with Crippen molar-refractivity contribution in [2.45, 2.75) is 13.3 Å². The molecule has 0 spiro atoms. The number of fused-ring (bicyclic) bond motifs is 1. The van der Waals surface area contributed by atoms with Crippen LogP contribution in [0.5, 0.6) is 11.5 Å². The number of nitrogens with two attached hydrogens (primary N) is 1. The third-order valence-corrected chi connectivity index (χ3v) is 3.32. The summed E-state index contributed by atoms with van der Waals surface area (Å²) in [6, 6.07) is 7.84. The molecular formula is C16H20N4O2. The molecule has 2 aromatic rings. The lowest BCUT2D eigenvalue weighted by Crippen LogP contribution is -2.15. The van der Waals surface area contributed by atoms with Crippen LogP contribution in [0.15, 0.2) is 24.3 Å². The summed E-state index contributed by atoms with van der Waals surface area (Å²) in [5, 5.41) is 3.11. The van der Waals surface area contributed by atoms with Gasteiger partial charge < -0.3 is 20.5 Å². The highest BCUT2D eigenvalue weighted by atomic mass is 16.5. The van der Waals surface area contributed by atoms with Gasteiger partial charge in [-0.2, -0.15) is 0 Å². The van der Waals surface area contributed by atoms with E-state index in [9.17, 15) is 0 Å². The maximum atomic E-state index is 5.74. The van der Waals surface area contributed by atoms with E-state index < -0.39 is 0 Å². The first-order valence-electron chi connectivity index (χ1n) is 7.46. The molecule has 0 amide bonds. The lowest BCUT2D eigenvalue weighted by Gasteiger charge is -2.11. The lowest BCUT2D eigenvalue weighted by atomic mass is 10.1. The molecular weight excluding hydrogens is 280 g/mol. The number of nitrogens with zero attached hydrogens (tertiary/aromatic N) is 2. The second kappa shape index (κ2) is 6.62. The van der Waals surface area contributed by atoms with E-state index in [1.165, 1.54) is 0 Å². The number of rotatable bonds is 4. The topological polar surface area (TPSA) is 82.3 Å². The predicted molar refractivity (Wildman–Crippen MR) is 85.4 cm³/mol. The summed E-state index contributed by atoms with van der Waals surface area (Å²) in [6.07, 6.45) is 0.893. The molecule has 0 radical (unpaired) electrons. The van der Waals surface area contributed by atoms with Crippen LogP contribution in [0.3, 0.4) is 0 Å². The van der Waals surface area contributed by atoms with E-state index in [0.29, 0.717) is 32.3 Å². The third-order valence-electron chi connectivity index (χ3n) is 3.32. The number of hydrogen-bond acceptors (Lipinski definition) is 6. The molecule has 2 heterocycles. The molecule has 3 N–H and O–H groups in total. The second-order valence-corrected chi connectivity index (χ2v) is 5.15. The first-order valence-corrected chi connectivity index (χ1v) is 7.46. The van der Waals surface area contributed by atoms with Crippen molar-refractivity contribution in [1.82, 2.24) is 9.97 Å². The average Bonchev–Trinajstić information content (AvgIpc) is 2.77. The Morgan fingerprint density at radius 1 is 1.14 bits per heavy atom. The Balaban J connectivity index is 1.93. The van der Waals surface area contributed by atoms with E-state index in [0.717, 1.165) is 34.9 Å². The molecule has 6 heteroatoms. The number of aromatic nitrogens is 2. The highest BCUT2D eigenvalue weighted by molar-refractivity contribution is 5.65. The fourth-order valence-corrected chi connectivity index (χ4v) is 2.30. The zero-order valence-electron chi connectivity index (χ0n) is 12.6. The Morgan fingerprint density at radius 2 is 1.95 bits per heavy atom. The summed E-state index contributed by atoms with van der Waals surface area (Å²) in [4.78, 5) is 8.91. The molecule has 6 nitrogen and oxygen atoms in total. The van der Waals surface area contributed by atoms with Crippen molar-refractivity contribution in [3.8, 4) is 22.8 Å². The molecule has 0 bridgehead atoms. The molecule has 0 fully saturated rings. The van der Waals surface area contributed by atoms with Crippen molar-refractivity contribution >= 4 is 5.95 Å². The fourth-order valence-electron chi connectivity index (χ4n) is 2.30. The summed E-state index contributed by atoms with van der Waals surface area (Å²) in [5.41, 5.74) is 8.23. The number of nitrogens with one attached hydrogen (secondary N) is 1. The quantitative estimate of drug-likeness (QED) is 0.898. The van der Waals surface area contributed by atoms with Crippen molar-refractivity contribution in [3.05, 3.63) is 30.0 Å². The van der Waals surface area contributed by atoms with Crippen LogP contribution in [0.1, 0.15) is 12.1 Å². The highest BCUT2D eigenvalue weighted by Gasteiger charge is 2.12.